The largest absolute Gasteiger partial charge is 0.477 e. The fourth-order valence-corrected chi connectivity index (χ4v) is 5.36. The molecule has 13 N–H and O–H groups in total. The Morgan fingerprint density at radius 1 is 0.911 bits per heavy atom. The fourth-order valence-electron chi connectivity index (χ4n) is 5.36. The van der Waals surface area contributed by atoms with Crippen LogP contribution in [-0.2, 0) is 33.3 Å². The van der Waals surface area contributed by atoms with Crippen molar-refractivity contribution in [2.75, 3.05) is 19.8 Å². The van der Waals surface area contributed by atoms with Crippen LogP contribution in [0.5, 0.6) is 0 Å². The molecule has 0 aromatic carbocycles. The van der Waals surface area contributed by atoms with Crippen molar-refractivity contribution in [1.82, 2.24) is 5.32 Å². The van der Waals surface area contributed by atoms with Gasteiger partial charge in [0.1, 0.15) is 61.0 Å². The molecule has 16 atom stereocenters. The first-order valence-electron chi connectivity index (χ1n) is 13.7. The van der Waals surface area contributed by atoms with Crippen molar-refractivity contribution >= 4 is 41.4 Å². The summed E-state index contributed by atoms with van der Waals surface area (Å²) in [5.41, 5.74) is 0. The summed E-state index contributed by atoms with van der Waals surface area (Å²) in [6.45, 7) is -1.40. The molecular formula is C24H41NNaO19. The van der Waals surface area contributed by atoms with Crippen LogP contribution in [0.25, 0.3) is 0 Å². The van der Waals surface area contributed by atoms with E-state index in [0.717, 1.165) is 6.92 Å². The van der Waals surface area contributed by atoms with Gasteiger partial charge in [-0.3, -0.25) is 4.79 Å². The average molecular weight is 671 g/mol. The smallest absolute Gasteiger partial charge is 0.364 e. The van der Waals surface area contributed by atoms with Crippen LogP contribution in [0, 0.1) is 0 Å². The summed E-state index contributed by atoms with van der Waals surface area (Å²) in [6.07, 6.45) is -27.8. The predicted octanol–water partition coefficient (Wildman–Crippen LogP) is -8.21. The van der Waals surface area contributed by atoms with E-state index in [9.17, 15) is 65.8 Å². The Labute approximate surface area is 278 Å². The molecule has 3 aliphatic rings. The van der Waals surface area contributed by atoms with E-state index in [1.54, 1.807) is 0 Å². The second-order valence-corrected chi connectivity index (χ2v) is 10.8. The first kappa shape index (κ1) is 40.5. The molecule has 45 heavy (non-hydrogen) atoms. The van der Waals surface area contributed by atoms with Crippen molar-refractivity contribution in [2.45, 2.75) is 117 Å². The minimum atomic E-state index is -3.01. The molecule has 257 valence electrons. The molecule has 0 aliphatic carbocycles. The summed E-state index contributed by atoms with van der Waals surface area (Å²) in [5, 5.41) is 125. The van der Waals surface area contributed by atoms with Gasteiger partial charge in [0.15, 0.2) is 12.6 Å². The maximum Gasteiger partial charge on any atom is 0.364 e. The molecule has 1 amide bonds. The summed E-state index contributed by atoms with van der Waals surface area (Å²) < 4.78 is 27.0. The first-order chi connectivity index (χ1) is 20.6. The van der Waals surface area contributed by atoms with Crippen LogP contribution in [0.15, 0.2) is 0 Å². The molecule has 0 aromatic rings. The second-order valence-electron chi connectivity index (χ2n) is 10.8. The normalized spacial score (nSPS) is 43.5. The van der Waals surface area contributed by atoms with Gasteiger partial charge in [-0.2, -0.15) is 0 Å². The van der Waals surface area contributed by atoms with Crippen molar-refractivity contribution in [3.63, 3.8) is 0 Å². The Morgan fingerprint density at radius 2 is 1.53 bits per heavy atom. The number of aliphatic hydroxyl groups excluding tert-OH is 11. The number of hydrogen-bond donors (Lipinski definition) is 13. The molecule has 0 saturated carbocycles. The fraction of sp³-hybridized carbons (Fsp3) is 0.917. The molecule has 3 unspecified atom stereocenters. The number of carbonyl (C=O) groups is 2. The zero-order chi connectivity index (χ0) is 33.1. The molecule has 21 heteroatoms. The van der Waals surface area contributed by atoms with Crippen molar-refractivity contribution < 1.29 is 94.6 Å². The van der Waals surface area contributed by atoms with Gasteiger partial charge in [-0.05, 0) is 6.42 Å². The van der Waals surface area contributed by atoms with E-state index >= 15 is 0 Å². The number of carbonyl (C=O) groups excluding carboxylic acids is 1. The van der Waals surface area contributed by atoms with Crippen LogP contribution >= 0.6 is 0 Å². The first-order valence-corrected chi connectivity index (χ1v) is 13.7. The van der Waals surface area contributed by atoms with Crippen LogP contribution in [0.2, 0.25) is 0 Å². The molecule has 3 saturated heterocycles. The second kappa shape index (κ2) is 17.1. The monoisotopic (exact) mass is 670 g/mol. The van der Waals surface area contributed by atoms with Crippen LogP contribution in [0.4, 0.5) is 0 Å². The van der Waals surface area contributed by atoms with E-state index in [4.69, 9.17) is 28.8 Å². The third-order valence-electron chi connectivity index (χ3n) is 7.70. The van der Waals surface area contributed by atoms with Gasteiger partial charge in [0.25, 0.3) is 5.79 Å². The van der Waals surface area contributed by atoms with Crippen LogP contribution in [0.3, 0.4) is 0 Å². The number of carboxylic acid groups (broad SMARTS) is 1. The minimum absolute atomic E-state index is 0. The van der Waals surface area contributed by atoms with Gasteiger partial charge < -0.3 is 90.3 Å². The summed E-state index contributed by atoms with van der Waals surface area (Å²) in [7, 11) is 0. The van der Waals surface area contributed by atoms with Crippen molar-refractivity contribution in [1.29, 1.82) is 0 Å². The number of aliphatic hydroxyl groups is 11. The van der Waals surface area contributed by atoms with Gasteiger partial charge in [0, 0.05) is 49.5 Å². The Kier molecular flexibility index (Phi) is 15.4. The zero-order valence-corrected chi connectivity index (χ0v) is 26.4. The van der Waals surface area contributed by atoms with E-state index in [1.807, 2.05) is 0 Å². The zero-order valence-electron chi connectivity index (χ0n) is 24.4. The topological polar surface area (TPSA) is 335 Å². The summed E-state index contributed by atoms with van der Waals surface area (Å²) >= 11 is 0. The maximum absolute atomic E-state index is 12.6. The molecule has 3 fully saturated rings. The van der Waals surface area contributed by atoms with Gasteiger partial charge in [-0.15, -0.1) is 0 Å². The van der Waals surface area contributed by atoms with E-state index in [1.165, 1.54) is 0 Å². The molecule has 1 radical (unpaired) electrons. The number of amides is 1. The van der Waals surface area contributed by atoms with Crippen molar-refractivity contribution in [2.24, 2.45) is 0 Å². The predicted molar refractivity (Wildman–Crippen MR) is 140 cm³/mol. The van der Waals surface area contributed by atoms with Crippen LogP contribution < -0.4 is 5.32 Å². The molecule has 20 nitrogen and oxygen atoms in total. The Hall–Kier alpha value is -0.700. The van der Waals surface area contributed by atoms with Gasteiger partial charge in [-0.25, -0.2) is 4.79 Å². The Morgan fingerprint density at radius 3 is 2.07 bits per heavy atom. The van der Waals surface area contributed by atoms with Crippen LogP contribution in [-0.4, -0.2) is 220 Å². The molecule has 3 rings (SSSR count). The number of rotatable bonds is 12. The third-order valence-corrected chi connectivity index (χ3v) is 7.70. The minimum Gasteiger partial charge on any atom is -0.477 e. The molecule has 3 heterocycles. The Balaban J connectivity index is 0.00000705. The van der Waals surface area contributed by atoms with Gasteiger partial charge in [-0.1, -0.05) is 0 Å². The van der Waals surface area contributed by atoms with E-state index in [2.05, 4.69) is 5.32 Å². The van der Waals surface area contributed by atoms with E-state index in [0.29, 0.717) is 0 Å². The molecule has 0 spiro atoms. The van der Waals surface area contributed by atoms with Gasteiger partial charge >= 0.3 is 5.97 Å². The van der Waals surface area contributed by atoms with Crippen molar-refractivity contribution in [3.8, 4) is 0 Å². The summed E-state index contributed by atoms with van der Waals surface area (Å²) in [5.74, 6) is -5.69. The number of hydrogen-bond acceptors (Lipinski definition) is 18. The standard InChI is InChI=1S/C24H41NO19.Na/c1-7(29)25-12-9(31)4-24(23(38)39,43-19(12)13(32)8(30)2-3-26)44-20-14(33)10(5-27)41-22(17(20)36)42-18-11(6-28)40-21(37)16(35)15(18)34;/h8-22,26-28,30-37H,2-6H2,1H3,(H,25,29)(H,38,39);/t8?,9-,10+,11+,12+,13?,14-,15+,16-,17+,18+,19+,20-,21?,22-,24-;/m0./s1. The van der Waals surface area contributed by atoms with E-state index < -0.39 is 142 Å². The van der Waals surface area contributed by atoms with Gasteiger partial charge in [0.05, 0.1) is 31.5 Å². The number of carboxylic acids is 1. The third kappa shape index (κ3) is 8.86. The van der Waals surface area contributed by atoms with E-state index in [-0.39, 0.29) is 29.6 Å². The van der Waals surface area contributed by atoms with Crippen molar-refractivity contribution in [3.05, 3.63) is 0 Å². The molecular weight excluding hydrogens is 629 g/mol. The average Bonchev–Trinajstić information content (AvgIpc) is 2.97. The Bertz CT molecular complexity index is 965. The molecule has 3 aliphatic heterocycles. The number of aliphatic carboxylic acids is 1. The summed E-state index contributed by atoms with van der Waals surface area (Å²) in [6, 6.07) is -1.51. The van der Waals surface area contributed by atoms with Gasteiger partial charge in [0.2, 0.25) is 5.91 Å². The summed E-state index contributed by atoms with van der Waals surface area (Å²) in [4.78, 5) is 24.4. The molecule has 0 bridgehead atoms. The maximum atomic E-state index is 12.6. The number of nitrogens with one attached hydrogen (secondary N) is 1. The SMILES string of the molecule is CC(=O)N[C@@H]1[C@@H](O)C[C@](O[C@H]2[C@@H](O)[C@@H](CO)O[C@@H](O[C@H]3[C@H](O)[C@H](O)C(O)O[C@@H]3CO)[C@@H]2O)(C(=O)O)O[C@H]1C(O)C(O)CCO.[Na]. The molecule has 0 aromatic heterocycles. The van der Waals surface area contributed by atoms with Crippen LogP contribution in [0.1, 0.15) is 19.8 Å². The number of ether oxygens (including phenoxy) is 5. The quantitative estimate of drug-likeness (QED) is 0.0857.